The number of nitrogen functional groups attached to an aromatic ring is 1. The summed E-state index contributed by atoms with van der Waals surface area (Å²) in [5, 5.41) is 0. The molecule has 0 saturated carbocycles. The van der Waals surface area contributed by atoms with Crippen molar-refractivity contribution in [3.8, 4) is 0 Å². The Kier molecular flexibility index (Phi) is 5.24. The highest BCUT2D eigenvalue weighted by molar-refractivity contribution is 6.01. The fourth-order valence-corrected chi connectivity index (χ4v) is 3.13. The lowest BCUT2D eigenvalue weighted by molar-refractivity contribution is -0.0275. The number of ketones is 1. The summed E-state index contributed by atoms with van der Waals surface area (Å²) in [5.41, 5.74) is 5.17. The lowest BCUT2D eigenvalue weighted by Crippen LogP contribution is -2.45. The van der Waals surface area contributed by atoms with Crippen LogP contribution >= 0.6 is 0 Å². The van der Waals surface area contributed by atoms with Crippen LogP contribution in [0.2, 0.25) is 0 Å². The van der Waals surface area contributed by atoms with Crippen LogP contribution in [0.4, 0.5) is 10.2 Å². The molecule has 1 atom stereocenters. The maximum atomic E-state index is 13.1. The predicted octanol–water partition coefficient (Wildman–Crippen LogP) is 0.0615. The van der Waals surface area contributed by atoms with Crippen molar-refractivity contribution in [2.45, 2.75) is 6.10 Å². The SMILES string of the molecule is Cn1c(N)c(C(=O)CN2CCOC(c3ccc(F)cc3)C2)c(=O)n(C)c1=O. The minimum absolute atomic E-state index is 0.0291. The van der Waals surface area contributed by atoms with Gasteiger partial charge in [0.05, 0.1) is 19.3 Å². The lowest BCUT2D eigenvalue weighted by atomic mass is 10.1. The first kappa shape index (κ1) is 19.0. The molecule has 0 spiro atoms. The van der Waals surface area contributed by atoms with Gasteiger partial charge in [0.2, 0.25) is 0 Å². The number of carbonyl (C=O) groups excluding carboxylic acids is 1. The molecule has 1 fully saturated rings. The number of benzene rings is 1. The number of aromatic nitrogens is 2. The maximum Gasteiger partial charge on any atom is 0.332 e. The quantitative estimate of drug-likeness (QED) is 0.758. The molecule has 1 unspecified atom stereocenters. The molecule has 2 N–H and O–H groups in total. The Hall–Kier alpha value is -2.78. The second-order valence-electron chi connectivity index (χ2n) is 6.54. The fourth-order valence-electron chi connectivity index (χ4n) is 3.13. The van der Waals surface area contributed by atoms with E-state index in [-0.39, 0.29) is 29.8 Å². The van der Waals surface area contributed by atoms with E-state index in [1.54, 1.807) is 12.1 Å². The Morgan fingerprint density at radius 3 is 2.56 bits per heavy atom. The number of carbonyl (C=O) groups is 1. The van der Waals surface area contributed by atoms with Crippen LogP contribution in [0.3, 0.4) is 0 Å². The number of hydrogen-bond donors (Lipinski definition) is 1. The van der Waals surface area contributed by atoms with Crippen molar-refractivity contribution in [3.05, 3.63) is 62.0 Å². The number of morpholine rings is 1. The summed E-state index contributed by atoms with van der Waals surface area (Å²) in [6, 6.07) is 6.01. The second-order valence-corrected chi connectivity index (χ2v) is 6.54. The minimum atomic E-state index is -0.705. The summed E-state index contributed by atoms with van der Waals surface area (Å²) in [6.07, 6.45) is -0.299. The first-order chi connectivity index (χ1) is 12.8. The summed E-state index contributed by atoms with van der Waals surface area (Å²) in [5.74, 6) is -0.928. The molecule has 0 aliphatic carbocycles. The molecule has 144 valence electrons. The van der Waals surface area contributed by atoms with E-state index in [1.165, 1.54) is 26.2 Å². The fraction of sp³-hybridized carbons (Fsp3) is 0.389. The molecule has 1 saturated heterocycles. The number of halogens is 1. The van der Waals surface area contributed by atoms with Crippen LogP contribution in [0.1, 0.15) is 22.0 Å². The Morgan fingerprint density at radius 2 is 1.89 bits per heavy atom. The van der Waals surface area contributed by atoms with E-state index in [1.807, 2.05) is 4.90 Å². The summed E-state index contributed by atoms with van der Waals surface area (Å²) in [7, 11) is 2.72. The molecular weight excluding hydrogens is 355 g/mol. The van der Waals surface area contributed by atoms with E-state index in [0.717, 1.165) is 14.7 Å². The van der Waals surface area contributed by atoms with Crippen molar-refractivity contribution in [1.29, 1.82) is 0 Å². The first-order valence-corrected chi connectivity index (χ1v) is 8.47. The topological polar surface area (TPSA) is 99.6 Å². The van der Waals surface area contributed by atoms with E-state index < -0.39 is 17.0 Å². The van der Waals surface area contributed by atoms with Crippen LogP contribution in [-0.2, 0) is 18.8 Å². The van der Waals surface area contributed by atoms with Crippen LogP contribution in [0.15, 0.2) is 33.9 Å². The highest BCUT2D eigenvalue weighted by atomic mass is 19.1. The smallest absolute Gasteiger partial charge is 0.332 e. The third kappa shape index (κ3) is 3.69. The summed E-state index contributed by atoms with van der Waals surface area (Å²) in [4.78, 5) is 38.8. The van der Waals surface area contributed by atoms with Gasteiger partial charge in [-0.15, -0.1) is 0 Å². The highest BCUT2D eigenvalue weighted by Gasteiger charge is 2.26. The molecular formula is C18H21FN4O4. The molecule has 2 heterocycles. The van der Waals surface area contributed by atoms with Crippen molar-refractivity contribution in [2.75, 3.05) is 32.0 Å². The number of rotatable bonds is 4. The van der Waals surface area contributed by atoms with Crippen LogP contribution in [-0.4, -0.2) is 46.1 Å². The van der Waals surface area contributed by atoms with Gasteiger partial charge in [-0.05, 0) is 17.7 Å². The van der Waals surface area contributed by atoms with Gasteiger partial charge in [-0.3, -0.25) is 23.6 Å². The van der Waals surface area contributed by atoms with Crippen molar-refractivity contribution in [1.82, 2.24) is 14.0 Å². The van der Waals surface area contributed by atoms with Crippen molar-refractivity contribution in [3.63, 3.8) is 0 Å². The number of ether oxygens (including phenoxy) is 1. The Morgan fingerprint density at radius 1 is 1.22 bits per heavy atom. The average molecular weight is 376 g/mol. The lowest BCUT2D eigenvalue weighted by Gasteiger charge is -2.32. The number of Topliss-reactive ketones (excluding diaryl/α,β-unsaturated/α-hetero) is 1. The van der Waals surface area contributed by atoms with E-state index in [9.17, 15) is 18.8 Å². The summed E-state index contributed by atoms with van der Waals surface area (Å²) >= 11 is 0. The number of nitrogens with zero attached hydrogens (tertiary/aromatic N) is 3. The number of nitrogens with two attached hydrogens (primary N) is 1. The molecule has 27 heavy (non-hydrogen) atoms. The van der Waals surface area contributed by atoms with Gasteiger partial charge in [-0.2, -0.15) is 0 Å². The third-order valence-electron chi connectivity index (χ3n) is 4.75. The molecule has 9 heteroatoms. The summed E-state index contributed by atoms with van der Waals surface area (Å²) < 4.78 is 20.8. The Bertz CT molecular complexity index is 981. The first-order valence-electron chi connectivity index (χ1n) is 8.47. The van der Waals surface area contributed by atoms with Gasteiger partial charge in [-0.25, -0.2) is 9.18 Å². The van der Waals surface area contributed by atoms with Crippen molar-refractivity contribution >= 4 is 11.6 Å². The largest absolute Gasteiger partial charge is 0.384 e. The van der Waals surface area contributed by atoms with Crippen LogP contribution in [0.25, 0.3) is 0 Å². The van der Waals surface area contributed by atoms with Crippen molar-refractivity contribution in [2.24, 2.45) is 14.1 Å². The zero-order valence-electron chi connectivity index (χ0n) is 15.1. The maximum absolute atomic E-state index is 13.1. The minimum Gasteiger partial charge on any atom is -0.384 e. The molecule has 8 nitrogen and oxygen atoms in total. The molecule has 0 bridgehead atoms. The standard InChI is InChI=1S/C18H21FN4O4/c1-21-16(20)15(17(25)22(2)18(21)26)13(24)9-23-7-8-27-14(10-23)11-3-5-12(19)6-4-11/h3-6,14H,7-10,20H2,1-2H3. The second kappa shape index (κ2) is 7.45. The zero-order valence-corrected chi connectivity index (χ0v) is 15.1. The Balaban J connectivity index is 1.79. The van der Waals surface area contributed by atoms with Crippen LogP contribution < -0.4 is 17.0 Å². The molecule has 1 aliphatic rings. The molecule has 1 aliphatic heterocycles. The average Bonchev–Trinajstić information content (AvgIpc) is 2.66. The van der Waals surface area contributed by atoms with Crippen LogP contribution in [0, 0.1) is 5.82 Å². The van der Waals surface area contributed by atoms with Gasteiger partial charge in [0.25, 0.3) is 5.56 Å². The predicted molar refractivity (Wildman–Crippen MR) is 97.2 cm³/mol. The van der Waals surface area contributed by atoms with Gasteiger partial charge in [-0.1, -0.05) is 12.1 Å². The molecule has 2 aromatic rings. The normalized spacial score (nSPS) is 17.8. The van der Waals surface area contributed by atoms with Gasteiger partial charge >= 0.3 is 5.69 Å². The van der Waals surface area contributed by atoms with Crippen LogP contribution in [0.5, 0.6) is 0 Å². The van der Waals surface area contributed by atoms with Gasteiger partial charge in [0.15, 0.2) is 5.78 Å². The Labute approximate surface area is 154 Å². The van der Waals surface area contributed by atoms with E-state index in [4.69, 9.17) is 10.5 Å². The number of hydrogen-bond acceptors (Lipinski definition) is 6. The van der Waals surface area contributed by atoms with Gasteiger partial charge in [0, 0.05) is 27.2 Å². The van der Waals surface area contributed by atoms with E-state index >= 15 is 0 Å². The molecule has 1 aromatic carbocycles. The number of anilines is 1. The van der Waals surface area contributed by atoms with E-state index in [0.29, 0.717) is 19.7 Å². The third-order valence-corrected chi connectivity index (χ3v) is 4.75. The molecule has 3 rings (SSSR count). The van der Waals surface area contributed by atoms with E-state index in [2.05, 4.69) is 0 Å². The molecule has 1 aromatic heterocycles. The van der Waals surface area contributed by atoms with Gasteiger partial charge in [0.1, 0.15) is 17.2 Å². The molecule has 0 radical (unpaired) electrons. The highest BCUT2D eigenvalue weighted by Crippen LogP contribution is 2.22. The monoisotopic (exact) mass is 376 g/mol. The summed E-state index contributed by atoms with van der Waals surface area (Å²) in [6.45, 7) is 1.30. The van der Waals surface area contributed by atoms with Crippen molar-refractivity contribution < 1.29 is 13.9 Å². The zero-order chi connectivity index (χ0) is 19.7. The molecule has 0 amide bonds. The van der Waals surface area contributed by atoms with Gasteiger partial charge < -0.3 is 10.5 Å².